The molecule has 4 N–H and O–H groups in total. The normalized spacial score (nSPS) is 12.5. The molecule has 0 amide bonds. The second-order valence-corrected chi connectivity index (χ2v) is 7.02. The minimum absolute atomic E-state index is 0.224. The fraction of sp³-hybridized carbons (Fsp3) is 0. The number of hydrogen-bond donors (Lipinski definition) is 4. The van der Waals surface area contributed by atoms with Crippen molar-refractivity contribution < 1.29 is 40.9 Å². The molecule has 118 valence electrons. The largest absolute Gasteiger partial charge is 0.506 e. The van der Waals surface area contributed by atoms with Gasteiger partial charge in [-0.05, 0) is 23.6 Å². The Kier molecular flexibility index (Phi) is 3.61. The first-order chi connectivity index (χ1) is 9.93. The van der Waals surface area contributed by atoms with Gasteiger partial charge < -0.3 is 10.2 Å². The number of carboxylic acid groups (broad SMARTS) is 1. The van der Waals surface area contributed by atoms with Crippen molar-refractivity contribution in [3.05, 3.63) is 29.8 Å². The average Bonchev–Trinajstić information content (AvgIpc) is 2.34. The van der Waals surface area contributed by atoms with Crippen LogP contribution >= 0.6 is 0 Å². The Morgan fingerprint density at radius 2 is 1.55 bits per heavy atom. The predicted octanol–water partition coefficient (Wildman–Crippen LogP) is 0.737. The van der Waals surface area contributed by atoms with Gasteiger partial charge in [0, 0.05) is 5.39 Å². The van der Waals surface area contributed by atoms with Crippen LogP contribution < -0.4 is 0 Å². The Bertz CT molecular complexity index is 1000. The summed E-state index contributed by atoms with van der Waals surface area (Å²) >= 11 is 0. The summed E-state index contributed by atoms with van der Waals surface area (Å²) in [5, 5.41) is 18.1. The molecule has 0 saturated heterocycles. The van der Waals surface area contributed by atoms with Crippen LogP contribution in [0.25, 0.3) is 10.8 Å². The minimum Gasteiger partial charge on any atom is -0.506 e. The third kappa shape index (κ3) is 2.74. The van der Waals surface area contributed by atoms with Crippen molar-refractivity contribution >= 4 is 37.0 Å². The van der Waals surface area contributed by atoms with Gasteiger partial charge in [0.25, 0.3) is 20.2 Å². The van der Waals surface area contributed by atoms with Crippen molar-refractivity contribution in [2.75, 3.05) is 0 Å². The monoisotopic (exact) mass is 348 g/mol. The van der Waals surface area contributed by atoms with Crippen molar-refractivity contribution in [2.24, 2.45) is 0 Å². The molecular formula is C11H8O9S2. The number of phenols is 1. The Morgan fingerprint density at radius 3 is 2.00 bits per heavy atom. The van der Waals surface area contributed by atoms with Crippen molar-refractivity contribution in [2.45, 2.75) is 9.79 Å². The van der Waals surface area contributed by atoms with Crippen molar-refractivity contribution in [1.82, 2.24) is 0 Å². The zero-order valence-electron chi connectivity index (χ0n) is 10.5. The highest BCUT2D eigenvalue weighted by Crippen LogP contribution is 2.35. The molecule has 9 nitrogen and oxygen atoms in total. The van der Waals surface area contributed by atoms with Gasteiger partial charge in [0.2, 0.25) is 0 Å². The molecule has 11 heteroatoms. The fourth-order valence-electron chi connectivity index (χ4n) is 1.93. The standard InChI is InChI=1S/C11H8O9S2/c12-9-8(11(13)14)4-5-3-6(21(15,16)17)1-2-7(5)10(9)22(18,19)20/h1-4,12H,(H,13,14)(H,15,16,17)(H,18,19,20). The summed E-state index contributed by atoms with van der Waals surface area (Å²) in [4.78, 5) is 9.35. The zero-order valence-corrected chi connectivity index (χ0v) is 12.1. The number of carboxylic acids is 1. The van der Waals surface area contributed by atoms with Crippen LogP contribution in [0, 0.1) is 0 Å². The van der Waals surface area contributed by atoms with Gasteiger partial charge in [0.05, 0.1) is 4.90 Å². The first-order valence-corrected chi connectivity index (χ1v) is 8.29. The van der Waals surface area contributed by atoms with E-state index in [9.17, 15) is 26.7 Å². The Labute approximate surface area is 123 Å². The summed E-state index contributed by atoms with van der Waals surface area (Å²) in [5.41, 5.74) is -0.854. The molecule has 0 radical (unpaired) electrons. The van der Waals surface area contributed by atoms with Gasteiger partial charge in [-0.3, -0.25) is 9.11 Å². The van der Waals surface area contributed by atoms with Crippen molar-refractivity contribution in [3.63, 3.8) is 0 Å². The van der Waals surface area contributed by atoms with E-state index >= 15 is 0 Å². The van der Waals surface area contributed by atoms with Crippen LogP contribution in [0.2, 0.25) is 0 Å². The van der Waals surface area contributed by atoms with Crippen LogP contribution in [0.4, 0.5) is 0 Å². The molecule has 0 unspecified atom stereocenters. The van der Waals surface area contributed by atoms with Crippen molar-refractivity contribution in [3.8, 4) is 5.75 Å². The molecule has 0 aliphatic heterocycles. The summed E-state index contributed by atoms with van der Waals surface area (Å²) in [5.74, 6) is -2.87. The van der Waals surface area contributed by atoms with E-state index in [0.29, 0.717) is 0 Å². The molecule has 0 saturated carbocycles. The molecule has 0 fully saturated rings. The van der Waals surface area contributed by atoms with E-state index in [1.807, 2.05) is 0 Å². The Morgan fingerprint density at radius 1 is 0.955 bits per heavy atom. The highest BCUT2D eigenvalue weighted by Gasteiger charge is 2.26. The summed E-state index contributed by atoms with van der Waals surface area (Å²) in [6, 6.07) is 3.38. The summed E-state index contributed by atoms with van der Waals surface area (Å²) < 4.78 is 63.0. The average molecular weight is 348 g/mol. The number of hydrogen-bond acceptors (Lipinski definition) is 6. The summed E-state index contributed by atoms with van der Waals surface area (Å²) in [6.45, 7) is 0. The van der Waals surface area contributed by atoms with Crippen LogP contribution in [-0.4, -0.2) is 42.1 Å². The molecule has 0 atom stereocenters. The van der Waals surface area contributed by atoms with Crippen LogP contribution in [-0.2, 0) is 20.2 Å². The number of rotatable bonds is 3. The highest BCUT2D eigenvalue weighted by molar-refractivity contribution is 7.86. The molecule has 0 aromatic heterocycles. The Hall–Kier alpha value is -2.21. The topological polar surface area (TPSA) is 166 Å². The van der Waals surface area contributed by atoms with E-state index in [1.54, 1.807) is 0 Å². The maximum absolute atomic E-state index is 11.4. The lowest BCUT2D eigenvalue weighted by Crippen LogP contribution is -2.06. The van der Waals surface area contributed by atoms with Gasteiger partial charge in [0.15, 0.2) is 5.75 Å². The zero-order chi connectivity index (χ0) is 16.9. The van der Waals surface area contributed by atoms with E-state index in [1.165, 1.54) is 0 Å². The first-order valence-electron chi connectivity index (χ1n) is 5.41. The molecular weight excluding hydrogens is 340 g/mol. The van der Waals surface area contributed by atoms with Crippen LogP contribution in [0.5, 0.6) is 5.75 Å². The van der Waals surface area contributed by atoms with Gasteiger partial charge >= 0.3 is 5.97 Å². The lowest BCUT2D eigenvalue weighted by molar-refractivity contribution is 0.0693. The first kappa shape index (κ1) is 16.2. The van der Waals surface area contributed by atoms with E-state index in [2.05, 4.69) is 0 Å². The van der Waals surface area contributed by atoms with E-state index < -0.39 is 47.3 Å². The Balaban J connectivity index is 3.05. The minimum atomic E-state index is -4.99. The molecule has 0 bridgehead atoms. The van der Waals surface area contributed by atoms with Crippen LogP contribution in [0.3, 0.4) is 0 Å². The maximum Gasteiger partial charge on any atom is 0.339 e. The quantitative estimate of drug-likeness (QED) is 0.585. The molecule has 22 heavy (non-hydrogen) atoms. The lowest BCUT2D eigenvalue weighted by atomic mass is 10.1. The number of carbonyl (C=O) groups is 1. The van der Waals surface area contributed by atoms with Crippen molar-refractivity contribution in [1.29, 1.82) is 0 Å². The second-order valence-electron chi connectivity index (χ2n) is 4.24. The molecule has 2 aromatic carbocycles. The molecule has 2 aromatic rings. The summed E-state index contributed by atoms with van der Waals surface area (Å²) in [7, 11) is -9.60. The maximum atomic E-state index is 11.4. The summed E-state index contributed by atoms with van der Waals surface area (Å²) in [6.07, 6.45) is 0. The van der Waals surface area contributed by atoms with Crippen LogP contribution in [0.15, 0.2) is 34.1 Å². The molecule has 0 heterocycles. The van der Waals surface area contributed by atoms with E-state index in [0.717, 1.165) is 24.3 Å². The third-order valence-electron chi connectivity index (χ3n) is 2.82. The SMILES string of the molecule is O=C(O)c1cc2cc(S(=O)(=O)O)ccc2c(S(=O)(=O)O)c1O. The predicted molar refractivity (Wildman–Crippen MR) is 72.2 cm³/mol. The number of fused-ring (bicyclic) bond motifs is 1. The van der Waals surface area contributed by atoms with E-state index in [-0.39, 0.29) is 10.8 Å². The van der Waals surface area contributed by atoms with Gasteiger partial charge in [-0.15, -0.1) is 0 Å². The van der Waals surface area contributed by atoms with Crippen LogP contribution in [0.1, 0.15) is 10.4 Å². The molecule has 0 aliphatic carbocycles. The third-order valence-corrected chi connectivity index (χ3v) is 4.60. The molecule has 2 rings (SSSR count). The fourth-order valence-corrected chi connectivity index (χ4v) is 3.26. The molecule has 0 aliphatic rings. The highest BCUT2D eigenvalue weighted by atomic mass is 32.2. The van der Waals surface area contributed by atoms with E-state index in [4.69, 9.17) is 14.2 Å². The lowest BCUT2D eigenvalue weighted by Gasteiger charge is -2.10. The van der Waals surface area contributed by atoms with Gasteiger partial charge in [0.1, 0.15) is 10.5 Å². The second kappa shape index (κ2) is 4.91. The number of aromatic carboxylic acids is 1. The number of aromatic hydroxyl groups is 1. The van der Waals surface area contributed by atoms with Gasteiger partial charge in [-0.2, -0.15) is 16.8 Å². The molecule has 0 spiro atoms. The number of benzene rings is 2. The smallest absolute Gasteiger partial charge is 0.339 e. The van der Waals surface area contributed by atoms with Gasteiger partial charge in [-0.1, -0.05) is 6.07 Å². The van der Waals surface area contributed by atoms with Gasteiger partial charge in [-0.25, -0.2) is 4.79 Å².